The molecule has 1 aromatic carbocycles. The fourth-order valence-electron chi connectivity index (χ4n) is 2.19. The lowest BCUT2D eigenvalue weighted by Crippen LogP contribution is -1.98. The average Bonchev–Trinajstić information content (AvgIpc) is 2.76. The number of aromatic nitrogens is 1. The van der Waals surface area contributed by atoms with E-state index in [9.17, 15) is 0 Å². The molecule has 0 radical (unpaired) electrons. The highest BCUT2D eigenvalue weighted by Gasteiger charge is 2.10. The molecule has 0 fully saturated rings. The predicted octanol–water partition coefficient (Wildman–Crippen LogP) is 3.76. The van der Waals surface area contributed by atoms with Crippen LogP contribution in [0.15, 0.2) is 18.2 Å². The van der Waals surface area contributed by atoms with E-state index in [1.54, 1.807) is 11.3 Å². The lowest BCUT2D eigenvalue weighted by molar-refractivity contribution is 0.863. The van der Waals surface area contributed by atoms with Gasteiger partial charge in [0.25, 0.3) is 0 Å². The molecule has 0 amide bonds. The normalized spacial score (nSPS) is 10.9. The summed E-state index contributed by atoms with van der Waals surface area (Å²) in [6.07, 6.45) is 3.08. The minimum Gasteiger partial charge on any atom is -0.326 e. The summed E-state index contributed by atoms with van der Waals surface area (Å²) in [6.45, 7) is 7.10. The minimum absolute atomic E-state index is 0.611. The second kappa shape index (κ2) is 6.31. The van der Waals surface area contributed by atoms with Gasteiger partial charge in [0, 0.05) is 17.8 Å². The van der Waals surface area contributed by atoms with Gasteiger partial charge in [0.2, 0.25) is 0 Å². The average molecular weight is 274 g/mol. The first-order valence-corrected chi connectivity index (χ1v) is 7.69. The summed E-state index contributed by atoms with van der Waals surface area (Å²) in [5.74, 6) is 0. The number of thiazole rings is 1. The Morgan fingerprint density at radius 3 is 2.63 bits per heavy atom. The molecule has 0 aliphatic rings. The second-order valence-corrected chi connectivity index (χ2v) is 6.20. The highest BCUT2D eigenvalue weighted by atomic mass is 32.1. The third-order valence-corrected chi connectivity index (χ3v) is 4.54. The van der Waals surface area contributed by atoms with Crippen LogP contribution in [-0.2, 0) is 19.4 Å². The van der Waals surface area contributed by atoms with E-state index in [0.717, 1.165) is 19.3 Å². The Kier molecular flexibility index (Phi) is 4.72. The molecule has 19 heavy (non-hydrogen) atoms. The molecule has 2 rings (SSSR count). The van der Waals surface area contributed by atoms with Gasteiger partial charge in [-0.3, -0.25) is 0 Å². The van der Waals surface area contributed by atoms with Gasteiger partial charge in [0.1, 0.15) is 0 Å². The fourth-order valence-corrected chi connectivity index (χ4v) is 3.22. The molecule has 3 heteroatoms. The summed E-state index contributed by atoms with van der Waals surface area (Å²) in [5, 5.41) is 1.19. The Labute approximate surface area is 119 Å². The van der Waals surface area contributed by atoms with E-state index in [-0.39, 0.29) is 0 Å². The molecule has 0 aliphatic heterocycles. The van der Waals surface area contributed by atoms with E-state index >= 15 is 0 Å². The van der Waals surface area contributed by atoms with Gasteiger partial charge in [-0.05, 0) is 37.0 Å². The molecule has 1 heterocycles. The van der Waals surface area contributed by atoms with Crippen LogP contribution in [0.5, 0.6) is 0 Å². The Balaban J connectivity index is 2.20. The van der Waals surface area contributed by atoms with Gasteiger partial charge in [-0.2, -0.15) is 0 Å². The number of rotatable bonds is 5. The van der Waals surface area contributed by atoms with E-state index in [1.165, 1.54) is 32.3 Å². The summed E-state index contributed by atoms with van der Waals surface area (Å²) < 4.78 is 0. The Morgan fingerprint density at radius 2 is 2.00 bits per heavy atom. The Hall–Kier alpha value is -1.19. The van der Waals surface area contributed by atoms with Crippen LogP contribution in [0.4, 0.5) is 0 Å². The molecule has 2 aromatic rings. The highest BCUT2D eigenvalue weighted by molar-refractivity contribution is 7.11. The SMILES string of the molecule is CCCc1nc(Cc2ccc(C)c(C)c2)sc1CN. The molecule has 0 aliphatic carbocycles. The first kappa shape index (κ1) is 14.2. The summed E-state index contributed by atoms with van der Waals surface area (Å²) in [4.78, 5) is 6.01. The number of nitrogens with two attached hydrogens (primary N) is 1. The molecule has 0 unspecified atom stereocenters. The number of hydrogen-bond acceptors (Lipinski definition) is 3. The number of nitrogens with zero attached hydrogens (tertiary/aromatic N) is 1. The monoisotopic (exact) mass is 274 g/mol. The zero-order chi connectivity index (χ0) is 13.8. The van der Waals surface area contributed by atoms with Crippen molar-refractivity contribution in [3.05, 3.63) is 50.5 Å². The van der Waals surface area contributed by atoms with Gasteiger partial charge in [-0.1, -0.05) is 31.5 Å². The molecule has 0 saturated carbocycles. The molecule has 0 bridgehead atoms. The van der Waals surface area contributed by atoms with Gasteiger partial charge < -0.3 is 5.73 Å². The molecule has 1 aromatic heterocycles. The van der Waals surface area contributed by atoms with Crippen molar-refractivity contribution in [1.29, 1.82) is 0 Å². The van der Waals surface area contributed by atoms with Crippen LogP contribution >= 0.6 is 11.3 Å². The minimum atomic E-state index is 0.611. The van der Waals surface area contributed by atoms with Crippen molar-refractivity contribution in [2.75, 3.05) is 0 Å². The number of benzene rings is 1. The predicted molar refractivity (Wildman–Crippen MR) is 82.7 cm³/mol. The smallest absolute Gasteiger partial charge is 0.0975 e. The number of hydrogen-bond donors (Lipinski definition) is 1. The number of aryl methyl sites for hydroxylation is 3. The summed E-state index contributed by atoms with van der Waals surface area (Å²) in [5.41, 5.74) is 11.0. The molecule has 0 spiro atoms. The molecule has 0 saturated heterocycles. The topological polar surface area (TPSA) is 38.9 Å². The maximum atomic E-state index is 5.80. The quantitative estimate of drug-likeness (QED) is 0.901. The first-order chi connectivity index (χ1) is 9.13. The fraction of sp³-hybridized carbons (Fsp3) is 0.438. The molecule has 2 nitrogen and oxygen atoms in total. The van der Waals surface area contributed by atoms with Gasteiger partial charge in [0.15, 0.2) is 0 Å². The highest BCUT2D eigenvalue weighted by Crippen LogP contribution is 2.22. The second-order valence-electron chi connectivity index (χ2n) is 5.03. The van der Waals surface area contributed by atoms with Crippen molar-refractivity contribution in [1.82, 2.24) is 4.98 Å². The molecule has 2 N–H and O–H groups in total. The van der Waals surface area contributed by atoms with Crippen molar-refractivity contribution < 1.29 is 0 Å². The lowest BCUT2D eigenvalue weighted by atomic mass is 10.0. The third kappa shape index (κ3) is 3.43. The zero-order valence-corrected chi connectivity index (χ0v) is 12.8. The van der Waals surface area contributed by atoms with E-state index in [0.29, 0.717) is 6.54 Å². The van der Waals surface area contributed by atoms with Crippen molar-refractivity contribution in [2.45, 2.75) is 46.6 Å². The van der Waals surface area contributed by atoms with E-state index in [2.05, 4.69) is 39.0 Å². The van der Waals surface area contributed by atoms with Crippen LogP contribution < -0.4 is 5.73 Å². The largest absolute Gasteiger partial charge is 0.326 e. The van der Waals surface area contributed by atoms with Crippen LogP contribution in [0.2, 0.25) is 0 Å². The van der Waals surface area contributed by atoms with Gasteiger partial charge >= 0.3 is 0 Å². The summed E-state index contributed by atoms with van der Waals surface area (Å²) in [7, 11) is 0. The van der Waals surface area contributed by atoms with E-state index in [1.807, 2.05) is 0 Å². The third-order valence-electron chi connectivity index (χ3n) is 3.42. The van der Waals surface area contributed by atoms with Crippen LogP contribution in [0.1, 0.15) is 45.6 Å². The van der Waals surface area contributed by atoms with Crippen LogP contribution in [-0.4, -0.2) is 4.98 Å². The molecular formula is C16H22N2S. The van der Waals surface area contributed by atoms with Crippen LogP contribution in [0, 0.1) is 13.8 Å². The standard InChI is InChI=1S/C16H22N2S/c1-4-5-14-15(10-17)19-16(18-14)9-13-7-6-11(2)12(3)8-13/h6-8H,4-5,9-10,17H2,1-3H3. The Morgan fingerprint density at radius 1 is 1.21 bits per heavy atom. The van der Waals surface area contributed by atoms with Gasteiger partial charge in [0.05, 0.1) is 10.7 Å². The van der Waals surface area contributed by atoms with Crippen molar-refractivity contribution >= 4 is 11.3 Å². The van der Waals surface area contributed by atoms with Gasteiger partial charge in [-0.25, -0.2) is 4.98 Å². The summed E-state index contributed by atoms with van der Waals surface area (Å²) in [6, 6.07) is 6.65. The maximum Gasteiger partial charge on any atom is 0.0975 e. The van der Waals surface area contributed by atoms with E-state index in [4.69, 9.17) is 10.7 Å². The van der Waals surface area contributed by atoms with Crippen LogP contribution in [0.3, 0.4) is 0 Å². The van der Waals surface area contributed by atoms with Gasteiger partial charge in [-0.15, -0.1) is 11.3 Å². The first-order valence-electron chi connectivity index (χ1n) is 6.87. The molecular weight excluding hydrogens is 252 g/mol. The Bertz CT molecular complexity index is 558. The zero-order valence-electron chi connectivity index (χ0n) is 12.0. The van der Waals surface area contributed by atoms with Crippen molar-refractivity contribution in [3.63, 3.8) is 0 Å². The van der Waals surface area contributed by atoms with Crippen LogP contribution in [0.25, 0.3) is 0 Å². The summed E-state index contributed by atoms with van der Waals surface area (Å²) >= 11 is 1.77. The molecule has 0 atom stereocenters. The molecule has 102 valence electrons. The van der Waals surface area contributed by atoms with Crippen molar-refractivity contribution in [3.8, 4) is 0 Å². The maximum absolute atomic E-state index is 5.80. The lowest BCUT2D eigenvalue weighted by Gasteiger charge is -2.03. The van der Waals surface area contributed by atoms with E-state index < -0.39 is 0 Å². The van der Waals surface area contributed by atoms with Crippen molar-refractivity contribution in [2.24, 2.45) is 5.73 Å².